The molecule has 0 aliphatic carbocycles. The second-order valence-corrected chi connectivity index (χ2v) is 7.54. The van der Waals surface area contributed by atoms with Gasteiger partial charge in [-0.2, -0.15) is 0 Å². The summed E-state index contributed by atoms with van der Waals surface area (Å²) in [4.78, 5) is 41.4. The van der Waals surface area contributed by atoms with Crippen LogP contribution in [0, 0.1) is 0 Å². The highest BCUT2D eigenvalue weighted by Gasteiger charge is 2.34. The van der Waals surface area contributed by atoms with E-state index in [2.05, 4.69) is 4.98 Å². The van der Waals surface area contributed by atoms with Crippen molar-refractivity contribution in [3.63, 3.8) is 0 Å². The maximum absolute atomic E-state index is 12.7. The molecular formula is C19H21ClN4O5. The van der Waals surface area contributed by atoms with Gasteiger partial charge in [-0.05, 0) is 45.0 Å². The molecule has 0 bridgehead atoms. The lowest BCUT2D eigenvalue weighted by Crippen LogP contribution is -2.41. The van der Waals surface area contributed by atoms with Crippen molar-refractivity contribution in [1.29, 1.82) is 0 Å². The lowest BCUT2D eigenvalue weighted by atomic mass is 10.1. The Morgan fingerprint density at radius 1 is 1.14 bits per heavy atom. The molecule has 3 aromatic rings. The number of fused-ring (bicyclic) bond motifs is 1. The molecule has 2 heterocycles. The molecule has 1 atom stereocenters. The summed E-state index contributed by atoms with van der Waals surface area (Å²) in [5.41, 5.74) is -1.95. The Morgan fingerprint density at radius 2 is 1.76 bits per heavy atom. The number of imidazole rings is 1. The van der Waals surface area contributed by atoms with Crippen LogP contribution in [-0.4, -0.2) is 30.3 Å². The van der Waals surface area contributed by atoms with E-state index in [-0.39, 0.29) is 11.2 Å². The molecule has 0 amide bonds. The van der Waals surface area contributed by atoms with Crippen LogP contribution in [0.4, 0.5) is 0 Å². The van der Waals surface area contributed by atoms with E-state index in [0.29, 0.717) is 10.8 Å². The topological polar surface area (TPSA) is 97.3 Å². The van der Waals surface area contributed by atoms with Gasteiger partial charge in [-0.3, -0.25) is 18.5 Å². The molecule has 2 aromatic heterocycles. The standard InChI is InChI=1S/C19H21ClN4O5/c1-11(24-10-21-15-14(24)16(25)23(5)18(27)22(15)4)28-17(26)19(2,3)29-13-8-6-12(20)7-9-13/h6-11H,1-5H3/t11-/m1/s1. The molecule has 0 unspecified atom stereocenters. The summed E-state index contributed by atoms with van der Waals surface area (Å²) in [6, 6.07) is 6.60. The number of nitrogens with zero attached hydrogens (tertiary/aromatic N) is 4. The minimum Gasteiger partial charge on any atom is -0.476 e. The van der Waals surface area contributed by atoms with E-state index in [1.807, 2.05) is 0 Å². The first-order valence-electron chi connectivity index (χ1n) is 8.81. The number of ether oxygens (including phenoxy) is 2. The second-order valence-electron chi connectivity index (χ2n) is 7.10. The van der Waals surface area contributed by atoms with Gasteiger partial charge in [0.15, 0.2) is 23.0 Å². The van der Waals surface area contributed by atoms with Gasteiger partial charge < -0.3 is 9.47 Å². The van der Waals surface area contributed by atoms with Gasteiger partial charge in [-0.15, -0.1) is 0 Å². The van der Waals surface area contributed by atoms with Crippen LogP contribution in [0.15, 0.2) is 40.2 Å². The maximum Gasteiger partial charge on any atom is 0.351 e. The molecule has 0 radical (unpaired) electrons. The summed E-state index contributed by atoms with van der Waals surface area (Å²) in [6.45, 7) is 4.75. The number of carbonyl (C=O) groups excluding carboxylic acids is 1. The maximum atomic E-state index is 12.7. The quantitative estimate of drug-likeness (QED) is 0.585. The number of rotatable bonds is 5. The molecule has 0 saturated carbocycles. The number of hydrogen-bond acceptors (Lipinski definition) is 6. The summed E-state index contributed by atoms with van der Waals surface area (Å²) in [5, 5.41) is 0.550. The molecule has 3 rings (SSSR count). The second kappa shape index (κ2) is 7.40. The Bertz CT molecular complexity index is 1190. The van der Waals surface area contributed by atoms with Crippen molar-refractivity contribution in [2.45, 2.75) is 32.6 Å². The van der Waals surface area contributed by atoms with E-state index in [1.165, 1.54) is 29.6 Å². The highest BCUT2D eigenvalue weighted by molar-refractivity contribution is 6.30. The highest BCUT2D eigenvalue weighted by atomic mass is 35.5. The summed E-state index contributed by atoms with van der Waals surface area (Å²) < 4.78 is 14.9. The van der Waals surface area contributed by atoms with Crippen LogP contribution >= 0.6 is 11.6 Å². The Hall–Kier alpha value is -3.07. The lowest BCUT2D eigenvalue weighted by molar-refractivity contribution is -0.168. The fraction of sp³-hybridized carbons (Fsp3) is 0.368. The predicted octanol–water partition coefficient (Wildman–Crippen LogP) is 2.01. The van der Waals surface area contributed by atoms with Gasteiger partial charge in [-0.1, -0.05) is 11.6 Å². The van der Waals surface area contributed by atoms with Crippen molar-refractivity contribution in [3.8, 4) is 5.75 Å². The summed E-state index contributed by atoms with van der Waals surface area (Å²) >= 11 is 5.86. The molecule has 0 fully saturated rings. The van der Waals surface area contributed by atoms with Crippen molar-refractivity contribution < 1.29 is 14.3 Å². The zero-order chi connectivity index (χ0) is 21.5. The molecular weight excluding hydrogens is 400 g/mol. The zero-order valence-corrected chi connectivity index (χ0v) is 17.4. The third-order valence-electron chi connectivity index (χ3n) is 4.52. The van der Waals surface area contributed by atoms with Crippen LogP contribution in [0.3, 0.4) is 0 Å². The molecule has 0 aliphatic rings. The number of halogens is 1. The Kier molecular flexibility index (Phi) is 5.27. The SMILES string of the molecule is C[C@@H](OC(=O)C(C)(C)Oc1ccc(Cl)cc1)n1cnc2c1c(=O)n(C)c(=O)n2C. The first-order valence-corrected chi connectivity index (χ1v) is 9.19. The third-order valence-corrected chi connectivity index (χ3v) is 4.77. The average Bonchev–Trinajstić information content (AvgIpc) is 3.11. The normalized spacial score (nSPS) is 12.8. The molecule has 1 aromatic carbocycles. The van der Waals surface area contributed by atoms with E-state index in [1.54, 1.807) is 45.0 Å². The number of carbonyl (C=O) groups is 1. The number of esters is 1. The Balaban J connectivity index is 1.87. The predicted molar refractivity (Wildman–Crippen MR) is 107 cm³/mol. The van der Waals surface area contributed by atoms with Crippen LogP contribution in [0.5, 0.6) is 5.75 Å². The Labute approximate surface area is 171 Å². The van der Waals surface area contributed by atoms with E-state index in [0.717, 1.165) is 4.57 Å². The van der Waals surface area contributed by atoms with Crippen molar-refractivity contribution in [1.82, 2.24) is 18.7 Å². The minimum atomic E-state index is -1.30. The van der Waals surface area contributed by atoms with Gasteiger partial charge in [0.25, 0.3) is 5.56 Å². The van der Waals surface area contributed by atoms with E-state index in [4.69, 9.17) is 21.1 Å². The number of benzene rings is 1. The first kappa shape index (κ1) is 20.7. The fourth-order valence-corrected chi connectivity index (χ4v) is 2.96. The van der Waals surface area contributed by atoms with Gasteiger partial charge in [0, 0.05) is 19.1 Å². The smallest absolute Gasteiger partial charge is 0.351 e. The van der Waals surface area contributed by atoms with E-state index >= 15 is 0 Å². The average molecular weight is 421 g/mol. The van der Waals surface area contributed by atoms with E-state index in [9.17, 15) is 14.4 Å². The van der Waals surface area contributed by atoms with Crippen LogP contribution in [0.2, 0.25) is 5.02 Å². The van der Waals surface area contributed by atoms with Gasteiger partial charge in [0.1, 0.15) is 12.1 Å². The van der Waals surface area contributed by atoms with Crippen molar-refractivity contribution >= 4 is 28.7 Å². The van der Waals surface area contributed by atoms with Crippen molar-refractivity contribution in [3.05, 3.63) is 56.5 Å². The Morgan fingerprint density at radius 3 is 2.38 bits per heavy atom. The molecule has 154 valence electrons. The van der Waals surface area contributed by atoms with Crippen molar-refractivity contribution in [2.75, 3.05) is 0 Å². The van der Waals surface area contributed by atoms with Crippen LogP contribution < -0.4 is 16.0 Å². The molecule has 0 spiro atoms. The van der Waals surface area contributed by atoms with Crippen molar-refractivity contribution in [2.24, 2.45) is 14.1 Å². The molecule has 29 heavy (non-hydrogen) atoms. The molecule has 0 N–H and O–H groups in total. The number of aromatic nitrogens is 4. The van der Waals surface area contributed by atoms with Crippen LogP contribution in [-0.2, 0) is 23.6 Å². The number of hydrogen-bond donors (Lipinski definition) is 0. The largest absolute Gasteiger partial charge is 0.476 e. The van der Waals surface area contributed by atoms with Gasteiger partial charge in [-0.25, -0.2) is 14.6 Å². The van der Waals surface area contributed by atoms with Gasteiger partial charge in [0.05, 0.1) is 0 Å². The van der Waals surface area contributed by atoms with Gasteiger partial charge in [0.2, 0.25) is 0 Å². The molecule has 10 heteroatoms. The minimum absolute atomic E-state index is 0.159. The molecule has 0 saturated heterocycles. The van der Waals surface area contributed by atoms with Gasteiger partial charge >= 0.3 is 11.7 Å². The molecule has 0 aliphatic heterocycles. The highest BCUT2D eigenvalue weighted by Crippen LogP contribution is 2.24. The lowest BCUT2D eigenvalue weighted by Gasteiger charge is -2.26. The number of aryl methyl sites for hydroxylation is 1. The first-order chi connectivity index (χ1) is 13.5. The summed E-state index contributed by atoms with van der Waals surface area (Å²) in [5.74, 6) is -0.176. The molecule has 9 nitrogen and oxygen atoms in total. The fourth-order valence-electron chi connectivity index (χ4n) is 2.83. The zero-order valence-electron chi connectivity index (χ0n) is 16.7. The summed E-state index contributed by atoms with van der Waals surface area (Å²) in [7, 11) is 2.89. The van der Waals surface area contributed by atoms with E-state index < -0.39 is 29.0 Å². The van der Waals surface area contributed by atoms with Crippen LogP contribution in [0.25, 0.3) is 11.2 Å². The third kappa shape index (κ3) is 3.77. The summed E-state index contributed by atoms with van der Waals surface area (Å²) in [6.07, 6.45) is 0.502. The van der Waals surface area contributed by atoms with Crippen LogP contribution in [0.1, 0.15) is 27.0 Å². The monoisotopic (exact) mass is 420 g/mol.